The lowest BCUT2D eigenvalue weighted by Crippen LogP contribution is -2.28. The number of aryl methyl sites for hydroxylation is 2. The van der Waals surface area contributed by atoms with Gasteiger partial charge in [0.1, 0.15) is 17.2 Å². The number of carbonyl (C=O) groups excluding carboxylic acids is 3. The van der Waals surface area contributed by atoms with Crippen molar-refractivity contribution in [1.82, 2.24) is 0 Å². The molecule has 3 aromatic carbocycles. The first-order valence-corrected chi connectivity index (χ1v) is 12.2. The van der Waals surface area contributed by atoms with Gasteiger partial charge in [-0.05, 0) is 92.6 Å². The Morgan fingerprint density at radius 2 is 1.59 bits per heavy atom. The van der Waals surface area contributed by atoms with Crippen LogP contribution in [0.5, 0.6) is 17.2 Å². The number of nitrogens with one attached hydrogen (secondary N) is 1. The summed E-state index contributed by atoms with van der Waals surface area (Å²) < 4.78 is 16.5. The summed E-state index contributed by atoms with van der Waals surface area (Å²) in [4.78, 5) is 38.8. The molecule has 0 spiro atoms. The van der Waals surface area contributed by atoms with Crippen LogP contribution in [0.3, 0.4) is 0 Å². The fourth-order valence-electron chi connectivity index (χ4n) is 3.98. The molecule has 0 aromatic heterocycles. The van der Waals surface area contributed by atoms with Gasteiger partial charge in [-0.15, -0.1) is 0 Å². The highest BCUT2D eigenvalue weighted by Crippen LogP contribution is 2.29. The van der Waals surface area contributed by atoms with E-state index in [-0.39, 0.29) is 18.9 Å². The molecule has 4 rings (SSSR count). The molecule has 8 nitrogen and oxygen atoms in total. The minimum Gasteiger partial charge on any atom is -0.494 e. The molecule has 0 aliphatic carbocycles. The highest BCUT2D eigenvalue weighted by atomic mass is 16.5. The van der Waals surface area contributed by atoms with Gasteiger partial charge in [0.15, 0.2) is 6.61 Å². The van der Waals surface area contributed by atoms with Crippen molar-refractivity contribution in [2.45, 2.75) is 27.2 Å². The number of rotatable bonds is 9. The fourth-order valence-corrected chi connectivity index (χ4v) is 3.98. The molecular formula is C29H30N2O6. The quantitative estimate of drug-likeness (QED) is 0.413. The summed E-state index contributed by atoms with van der Waals surface area (Å²) >= 11 is 0. The first-order chi connectivity index (χ1) is 17.8. The van der Waals surface area contributed by atoms with Crippen LogP contribution in [-0.2, 0) is 19.1 Å². The second kappa shape index (κ2) is 11.6. The molecule has 1 fully saturated rings. The largest absolute Gasteiger partial charge is 0.494 e. The standard InChI is InChI=1S/C29H30N2O6/c1-4-35-24-11-6-22(7-12-24)30-27(32)18-36-29(34)21-16-28(33)31(17-21)23-8-13-25(14-9-23)37-26-10-5-19(2)20(3)15-26/h5-15,21H,4,16-18H2,1-3H3,(H,30,32)/t21-/m0/s1. The fraction of sp³-hybridized carbons (Fsp3) is 0.276. The van der Waals surface area contributed by atoms with E-state index >= 15 is 0 Å². The van der Waals surface area contributed by atoms with Crippen LogP contribution in [0.2, 0.25) is 0 Å². The van der Waals surface area contributed by atoms with E-state index in [0.29, 0.717) is 29.5 Å². The zero-order valence-corrected chi connectivity index (χ0v) is 21.2. The molecular weight excluding hydrogens is 472 g/mol. The van der Waals surface area contributed by atoms with Crippen LogP contribution in [0.25, 0.3) is 0 Å². The highest BCUT2D eigenvalue weighted by molar-refractivity contribution is 6.00. The third kappa shape index (κ3) is 6.67. The van der Waals surface area contributed by atoms with E-state index in [9.17, 15) is 14.4 Å². The molecule has 3 aromatic rings. The zero-order valence-electron chi connectivity index (χ0n) is 21.2. The minimum atomic E-state index is -0.641. The van der Waals surface area contributed by atoms with Crippen molar-refractivity contribution in [1.29, 1.82) is 0 Å². The monoisotopic (exact) mass is 502 g/mol. The van der Waals surface area contributed by atoms with E-state index < -0.39 is 24.4 Å². The van der Waals surface area contributed by atoms with Gasteiger partial charge >= 0.3 is 5.97 Å². The van der Waals surface area contributed by atoms with E-state index in [4.69, 9.17) is 14.2 Å². The van der Waals surface area contributed by atoms with Crippen molar-refractivity contribution < 1.29 is 28.6 Å². The lowest BCUT2D eigenvalue weighted by Gasteiger charge is -2.17. The summed E-state index contributed by atoms with van der Waals surface area (Å²) in [5.41, 5.74) is 3.57. The smallest absolute Gasteiger partial charge is 0.311 e. The van der Waals surface area contributed by atoms with Crippen molar-refractivity contribution in [2.24, 2.45) is 5.92 Å². The molecule has 37 heavy (non-hydrogen) atoms. The maximum absolute atomic E-state index is 12.6. The lowest BCUT2D eigenvalue weighted by molar-refractivity contribution is -0.151. The molecule has 1 atom stereocenters. The summed E-state index contributed by atoms with van der Waals surface area (Å²) in [6.07, 6.45) is 0.0280. The van der Waals surface area contributed by atoms with Crippen LogP contribution in [0, 0.1) is 19.8 Å². The Labute approximate surface area is 216 Å². The first kappa shape index (κ1) is 25.8. The van der Waals surface area contributed by atoms with Gasteiger partial charge < -0.3 is 24.4 Å². The summed E-state index contributed by atoms with van der Waals surface area (Å²) in [6.45, 7) is 6.27. The second-order valence-corrected chi connectivity index (χ2v) is 8.86. The van der Waals surface area contributed by atoms with Gasteiger partial charge in [-0.2, -0.15) is 0 Å². The molecule has 1 heterocycles. The summed E-state index contributed by atoms with van der Waals surface area (Å²) in [5.74, 6) is 0.229. The van der Waals surface area contributed by atoms with Crippen molar-refractivity contribution in [3.8, 4) is 17.2 Å². The molecule has 0 saturated carbocycles. The summed E-state index contributed by atoms with van der Waals surface area (Å²) in [5, 5.41) is 2.67. The number of ether oxygens (including phenoxy) is 3. The number of benzene rings is 3. The predicted octanol–water partition coefficient (Wildman–Crippen LogP) is 5.03. The van der Waals surface area contributed by atoms with Crippen molar-refractivity contribution in [3.05, 3.63) is 77.9 Å². The molecule has 1 aliphatic heterocycles. The number of hydrogen-bond acceptors (Lipinski definition) is 6. The normalized spacial score (nSPS) is 14.8. The van der Waals surface area contributed by atoms with Crippen molar-refractivity contribution in [2.75, 3.05) is 30.0 Å². The Balaban J connectivity index is 1.27. The maximum Gasteiger partial charge on any atom is 0.311 e. The van der Waals surface area contributed by atoms with Crippen LogP contribution >= 0.6 is 0 Å². The molecule has 0 bridgehead atoms. The van der Waals surface area contributed by atoms with Gasteiger partial charge in [-0.1, -0.05) is 6.07 Å². The van der Waals surface area contributed by atoms with Gasteiger partial charge in [0, 0.05) is 24.3 Å². The van der Waals surface area contributed by atoms with Crippen LogP contribution in [0.4, 0.5) is 11.4 Å². The number of amides is 2. The third-order valence-corrected chi connectivity index (χ3v) is 6.12. The molecule has 2 amide bonds. The number of hydrogen-bond donors (Lipinski definition) is 1. The zero-order chi connectivity index (χ0) is 26.4. The van der Waals surface area contributed by atoms with Crippen molar-refractivity contribution >= 4 is 29.2 Å². The van der Waals surface area contributed by atoms with Gasteiger partial charge in [-0.25, -0.2) is 0 Å². The van der Waals surface area contributed by atoms with Crippen LogP contribution in [0.1, 0.15) is 24.5 Å². The molecule has 0 unspecified atom stereocenters. The molecule has 0 radical (unpaired) electrons. The number of nitrogens with zero attached hydrogens (tertiary/aromatic N) is 1. The third-order valence-electron chi connectivity index (χ3n) is 6.12. The van der Waals surface area contributed by atoms with Crippen LogP contribution in [0.15, 0.2) is 66.7 Å². The first-order valence-electron chi connectivity index (χ1n) is 12.2. The molecule has 8 heteroatoms. The van der Waals surface area contributed by atoms with Gasteiger partial charge in [0.2, 0.25) is 5.91 Å². The Kier molecular flexibility index (Phi) is 8.08. The number of anilines is 2. The van der Waals surface area contributed by atoms with Gasteiger partial charge in [-0.3, -0.25) is 14.4 Å². The summed E-state index contributed by atoms with van der Waals surface area (Å²) in [7, 11) is 0. The lowest BCUT2D eigenvalue weighted by atomic mass is 10.1. The van der Waals surface area contributed by atoms with E-state index in [1.165, 1.54) is 5.56 Å². The summed E-state index contributed by atoms with van der Waals surface area (Å²) in [6, 6.07) is 19.9. The van der Waals surface area contributed by atoms with Crippen molar-refractivity contribution in [3.63, 3.8) is 0 Å². The second-order valence-electron chi connectivity index (χ2n) is 8.86. The number of esters is 1. The average Bonchev–Trinajstić information content (AvgIpc) is 3.28. The minimum absolute atomic E-state index is 0.0280. The maximum atomic E-state index is 12.6. The number of carbonyl (C=O) groups is 3. The Bertz CT molecular complexity index is 1270. The van der Waals surface area contributed by atoms with E-state index in [1.807, 2.05) is 39.0 Å². The SMILES string of the molecule is CCOc1ccc(NC(=O)COC(=O)[C@H]2CC(=O)N(c3ccc(Oc4ccc(C)c(C)c4)cc3)C2)cc1. The Hall–Kier alpha value is -4.33. The Morgan fingerprint density at radius 3 is 2.27 bits per heavy atom. The topological polar surface area (TPSA) is 94.2 Å². The molecule has 1 N–H and O–H groups in total. The van der Waals surface area contributed by atoms with E-state index in [1.54, 1.807) is 53.4 Å². The molecule has 192 valence electrons. The van der Waals surface area contributed by atoms with E-state index in [0.717, 1.165) is 11.3 Å². The van der Waals surface area contributed by atoms with Gasteiger partial charge in [0.05, 0.1) is 12.5 Å². The average molecular weight is 503 g/mol. The predicted molar refractivity (Wildman–Crippen MR) is 140 cm³/mol. The Morgan fingerprint density at radius 1 is 0.919 bits per heavy atom. The van der Waals surface area contributed by atoms with E-state index in [2.05, 4.69) is 5.32 Å². The van der Waals surface area contributed by atoms with Crippen LogP contribution in [-0.4, -0.2) is 37.5 Å². The molecule has 1 saturated heterocycles. The van der Waals surface area contributed by atoms with Gasteiger partial charge in [0.25, 0.3) is 5.91 Å². The highest BCUT2D eigenvalue weighted by Gasteiger charge is 2.36. The molecule has 1 aliphatic rings. The van der Waals surface area contributed by atoms with Crippen LogP contribution < -0.4 is 19.7 Å².